The van der Waals surface area contributed by atoms with Crippen LogP contribution in [-0.2, 0) is 6.54 Å². The molecule has 4 aromatic rings. The number of furan rings is 1. The third kappa shape index (κ3) is 7.50. The second-order valence-corrected chi connectivity index (χ2v) is 9.96. The van der Waals surface area contributed by atoms with Gasteiger partial charge in [0.2, 0.25) is 0 Å². The molecule has 0 saturated carbocycles. The van der Waals surface area contributed by atoms with Gasteiger partial charge in [-0.25, -0.2) is 9.18 Å². The lowest BCUT2D eigenvalue weighted by molar-refractivity contribution is 0.0949. The van der Waals surface area contributed by atoms with Crippen LogP contribution in [0.4, 0.5) is 26.2 Å². The third-order valence-corrected chi connectivity index (χ3v) is 7.08. The monoisotopic (exact) mass is 585 g/mol. The van der Waals surface area contributed by atoms with Gasteiger partial charge in [0.1, 0.15) is 11.6 Å². The van der Waals surface area contributed by atoms with Gasteiger partial charge in [0, 0.05) is 49.8 Å². The molecule has 43 heavy (non-hydrogen) atoms. The Hall–Kier alpha value is -5.32. The molecule has 1 aliphatic heterocycles. The van der Waals surface area contributed by atoms with E-state index in [1.165, 1.54) is 18.4 Å². The quantitative estimate of drug-likeness (QED) is 0.257. The van der Waals surface area contributed by atoms with Gasteiger partial charge in [-0.1, -0.05) is 12.1 Å². The molecular weight excluding hydrogens is 553 g/mol. The molecular formula is C32H32FN5O5. The van der Waals surface area contributed by atoms with Crippen LogP contribution in [0.25, 0.3) is 0 Å². The summed E-state index contributed by atoms with van der Waals surface area (Å²) in [6, 6.07) is 21.1. The van der Waals surface area contributed by atoms with E-state index in [0.717, 1.165) is 5.56 Å². The van der Waals surface area contributed by atoms with Gasteiger partial charge in [-0.2, -0.15) is 0 Å². The molecule has 3 N–H and O–H groups in total. The molecule has 222 valence electrons. The SMILES string of the molecule is COc1ccc(NC(=O)N2CCCN(c3ccc(NC(=O)c4ccco4)cc3C(=O)NCc3ccc(F)cc3)CC2)cc1. The van der Waals surface area contributed by atoms with E-state index in [2.05, 4.69) is 20.9 Å². The van der Waals surface area contributed by atoms with Gasteiger partial charge < -0.3 is 34.9 Å². The second-order valence-electron chi connectivity index (χ2n) is 9.96. The van der Waals surface area contributed by atoms with Gasteiger partial charge in [-0.05, 0) is 78.7 Å². The number of rotatable bonds is 8. The molecule has 1 saturated heterocycles. The minimum atomic E-state index is -0.441. The van der Waals surface area contributed by atoms with Crippen LogP contribution < -0.4 is 25.6 Å². The fraction of sp³-hybridized carbons (Fsp3) is 0.219. The summed E-state index contributed by atoms with van der Waals surface area (Å²) in [4.78, 5) is 42.9. The predicted octanol–water partition coefficient (Wildman–Crippen LogP) is 5.35. The highest BCUT2D eigenvalue weighted by atomic mass is 19.1. The Kier molecular flexibility index (Phi) is 9.20. The molecule has 0 bridgehead atoms. The highest BCUT2D eigenvalue weighted by Gasteiger charge is 2.23. The Bertz CT molecular complexity index is 1560. The Labute approximate surface area is 248 Å². The predicted molar refractivity (Wildman–Crippen MR) is 161 cm³/mol. The fourth-order valence-electron chi connectivity index (χ4n) is 4.79. The van der Waals surface area contributed by atoms with Crippen LogP contribution in [0.15, 0.2) is 89.5 Å². The van der Waals surface area contributed by atoms with Gasteiger partial charge in [0.05, 0.1) is 18.9 Å². The average Bonchev–Trinajstić information content (AvgIpc) is 3.46. The summed E-state index contributed by atoms with van der Waals surface area (Å²) in [6.07, 6.45) is 2.09. The van der Waals surface area contributed by atoms with Crippen molar-refractivity contribution in [1.82, 2.24) is 10.2 Å². The Morgan fingerprint density at radius 3 is 2.35 bits per heavy atom. The molecule has 0 radical (unpaired) electrons. The highest BCUT2D eigenvalue weighted by Crippen LogP contribution is 2.27. The number of amides is 4. The van der Waals surface area contributed by atoms with Crippen LogP contribution in [0.5, 0.6) is 5.75 Å². The maximum atomic E-state index is 13.5. The average molecular weight is 586 g/mol. The van der Waals surface area contributed by atoms with Crippen molar-refractivity contribution >= 4 is 34.9 Å². The number of nitrogens with one attached hydrogen (secondary N) is 3. The maximum Gasteiger partial charge on any atom is 0.321 e. The van der Waals surface area contributed by atoms with Crippen molar-refractivity contribution in [2.75, 3.05) is 48.8 Å². The Balaban J connectivity index is 1.31. The number of methoxy groups -OCH3 is 1. The lowest BCUT2D eigenvalue weighted by Crippen LogP contribution is -2.38. The number of anilines is 3. The molecule has 1 aromatic heterocycles. The van der Waals surface area contributed by atoms with E-state index in [0.29, 0.717) is 61.0 Å². The summed E-state index contributed by atoms with van der Waals surface area (Å²) in [6.45, 7) is 2.29. The number of urea groups is 1. The lowest BCUT2D eigenvalue weighted by atomic mass is 10.1. The number of ether oxygens (including phenoxy) is 1. The zero-order valence-electron chi connectivity index (χ0n) is 23.6. The normalized spacial score (nSPS) is 13.2. The first kappa shape index (κ1) is 29.2. The van der Waals surface area contributed by atoms with Crippen molar-refractivity contribution in [3.8, 4) is 5.75 Å². The van der Waals surface area contributed by atoms with E-state index in [4.69, 9.17) is 9.15 Å². The van der Waals surface area contributed by atoms with Crippen LogP contribution in [0.3, 0.4) is 0 Å². The number of carbonyl (C=O) groups is 3. The number of halogens is 1. The van der Waals surface area contributed by atoms with Crippen LogP contribution in [0, 0.1) is 5.82 Å². The summed E-state index contributed by atoms with van der Waals surface area (Å²) in [5.41, 5.74) is 2.86. The molecule has 4 amide bonds. The zero-order chi connectivity index (χ0) is 30.2. The highest BCUT2D eigenvalue weighted by molar-refractivity contribution is 6.05. The van der Waals surface area contributed by atoms with E-state index in [9.17, 15) is 18.8 Å². The molecule has 5 rings (SSSR count). The van der Waals surface area contributed by atoms with E-state index < -0.39 is 5.91 Å². The number of benzene rings is 3. The van der Waals surface area contributed by atoms with Gasteiger partial charge in [0.25, 0.3) is 11.8 Å². The van der Waals surface area contributed by atoms with Crippen molar-refractivity contribution in [3.05, 3.63) is 108 Å². The third-order valence-electron chi connectivity index (χ3n) is 7.08. The summed E-state index contributed by atoms with van der Waals surface area (Å²) in [5.74, 6) is -0.305. The van der Waals surface area contributed by atoms with E-state index in [1.807, 2.05) is 0 Å². The van der Waals surface area contributed by atoms with Crippen LogP contribution >= 0.6 is 0 Å². The van der Waals surface area contributed by atoms with Crippen molar-refractivity contribution in [3.63, 3.8) is 0 Å². The molecule has 11 heteroatoms. The minimum absolute atomic E-state index is 0.145. The number of nitrogens with zero attached hydrogens (tertiary/aromatic N) is 2. The molecule has 1 fully saturated rings. The lowest BCUT2D eigenvalue weighted by Gasteiger charge is -2.26. The van der Waals surface area contributed by atoms with Gasteiger partial charge in [-0.15, -0.1) is 0 Å². The molecule has 10 nitrogen and oxygen atoms in total. The first-order valence-corrected chi connectivity index (χ1v) is 13.9. The summed E-state index contributed by atoms with van der Waals surface area (Å²) in [5, 5.41) is 8.60. The summed E-state index contributed by atoms with van der Waals surface area (Å²) in [7, 11) is 1.59. The molecule has 0 atom stereocenters. The first-order valence-electron chi connectivity index (χ1n) is 13.9. The van der Waals surface area contributed by atoms with Crippen molar-refractivity contribution in [2.24, 2.45) is 0 Å². The second kappa shape index (κ2) is 13.6. The van der Waals surface area contributed by atoms with E-state index in [-0.39, 0.29) is 30.1 Å². The van der Waals surface area contributed by atoms with Crippen molar-refractivity contribution < 1.29 is 27.9 Å². The van der Waals surface area contributed by atoms with E-state index in [1.54, 1.807) is 78.7 Å². The van der Waals surface area contributed by atoms with Crippen LogP contribution in [-0.4, -0.2) is 56.0 Å². The van der Waals surface area contributed by atoms with Gasteiger partial charge >= 0.3 is 6.03 Å². The molecule has 0 aliphatic carbocycles. The zero-order valence-corrected chi connectivity index (χ0v) is 23.6. The number of hydrogen-bond acceptors (Lipinski definition) is 6. The van der Waals surface area contributed by atoms with Crippen molar-refractivity contribution in [2.45, 2.75) is 13.0 Å². The minimum Gasteiger partial charge on any atom is -0.497 e. The summed E-state index contributed by atoms with van der Waals surface area (Å²) >= 11 is 0. The van der Waals surface area contributed by atoms with Gasteiger partial charge in [-0.3, -0.25) is 9.59 Å². The summed E-state index contributed by atoms with van der Waals surface area (Å²) < 4.78 is 23.7. The Morgan fingerprint density at radius 1 is 0.860 bits per heavy atom. The number of carbonyl (C=O) groups excluding carboxylic acids is 3. The van der Waals surface area contributed by atoms with Crippen LogP contribution in [0.1, 0.15) is 32.9 Å². The van der Waals surface area contributed by atoms with Crippen molar-refractivity contribution in [1.29, 1.82) is 0 Å². The largest absolute Gasteiger partial charge is 0.497 e. The fourth-order valence-corrected chi connectivity index (χ4v) is 4.79. The molecule has 1 aliphatic rings. The Morgan fingerprint density at radius 2 is 1.63 bits per heavy atom. The first-order chi connectivity index (χ1) is 20.9. The topological polar surface area (TPSA) is 116 Å². The molecule has 0 spiro atoms. The smallest absolute Gasteiger partial charge is 0.321 e. The molecule has 0 unspecified atom stereocenters. The van der Waals surface area contributed by atoms with E-state index >= 15 is 0 Å². The molecule has 2 heterocycles. The molecule has 3 aromatic carbocycles. The van der Waals surface area contributed by atoms with Gasteiger partial charge in [0.15, 0.2) is 5.76 Å². The maximum absolute atomic E-state index is 13.5. The van der Waals surface area contributed by atoms with Crippen LogP contribution in [0.2, 0.25) is 0 Å². The number of hydrogen-bond donors (Lipinski definition) is 3. The standard InChI is InChI=1S/C32H32FN5O5/c1-42-26-12-9-24(10-13-26)36-32(41)38-16-3-15-37(17-18-38)28-14-11-25(35-31(40)29-4-2-19-43-29)20-27(28)30(39)34-21-22-5-7-23(33)8-6-22/h2,4-14,19-20H,3,15-18,21H2,1H3,(H,34,39)(H,35,40)(H,36,41).